The van der Waals surface area contributed by atoms with Gasteiger partial charge in [0.25, 0.3) is 0 Å². The van der Waals surface area contributed by atoms with Crippen LogP contribution in [0.4, 0.5) is 4.79 Å². The minimum atomic E-state index is -1.44. The number of carbonyl (C=O) groups is 5. The van der Waals surface area contributed by atoms with Crippen molar-refractivity contribution in [1.82, 2.24) is 16.0 Å². The van der Waals surface area contributed by atoms with E-state index in [-0.39, 0.29) is 19.6 Å². The van der Waals surface area contributed by atoms with Crippen LogP contribution in [-0.2, 0) is 46.4 Å². The van der Waals surface area contributed by atoms with Crippen LogP contribution in [0.2, 0.25) is 0 Å². The zero-order valence-electron chi connectivity index (χ0n) is 28.4. The summed E-state index contributed by atoms with van der Waals surface area (Å²) in [4.78, 5) is 64.5. The van der Waals surface area contributed by atoms with E-state index in [1.54, 1.807) is 45.0 Å². The van der Waals surface area contributed by atoms with Crippen molar-refractivity contribution in [2.45, 2.75) is 78.2 Å². The average Bonchev–Trinajstić information content (AvgIpc) is 3.04. The highest BCUT2D eigenvalue weighted by atomic mass is 16.6. The summed E-state index contributed by atoms with van der Waals surface area (Å²) in [6, 6.07) is 19.4. The molecule has 1 unspecified atom stereocenters. The van der Waals surface area contributed by atoms with E-state index in [1.165, 1.54) is 12.5 Å². The Morgan fingerprint density at radius 1 is 0.792 bits per heavy atom. The number of benzene rings is 3. The predicted octanol–water partition coefficient (Wildman–Crippen LogP) is 5.16. The smallest absolute Gasteiger partial charge is 0.408 e. The minimum absolute atomic E-state index is 0.0245. The van der Waals surface area contributed by atoms with E-state index in [4.69, 9.17) is 14.2 Å². The van der Waals surface area contributed by atoms with Gasteiger partial charge in [-0.1, -0.05) is 106 Å². The van der Waals surface area contributed by atoms with Gasteiger partial charge in [-0.25, -0.2) is 4.79 Å². The van der Waals surface area contributed by atoms with Crippen LogP contribution in [0.25, 0.3) is 10.8 Å². The first-order chi connectivity index (χ1) is 22.9. The van der Waals surface area contributed by atoms with Crippen LogP contribution in [0.1, 0.15) is 58.6 Å². The Bertz CT molecular complexity index is 1510. The third-order valence-electron chi connectivity index (χ3n) is 6.32. The zero-order valence-corrected chi connectivity index (χ0v) is 28.4. The van der Waals surface area contributed by atoms with Crippen LogP contribution in [0.5, 0.6) is 0 Å². The maximum absolute atomic E-state index is 13.6. The molecule has 0 radical (unpaired) electrons. The van der Waals surface area contributed by atoms with Gasteiger partial charge in [-0.05, 0) is 42.7 Å². The number of amides is 3. The van der Waals surface area contributed by atoms with Crippen molar-refractivity contribution >= 4 is 40.6 Å². The van der Waals surface area contributed by atoms with Crippen molar-refractivity contribution in [2.24, 2.45) is 0 Å². The lowest BCUT2D eigenvalue weighted by atomic mass is 9.98. The number of alkyl carbamates (subject to hydrolysis) is 1. The number of hydrogen-bond donors (Lipinski definition) is 3. The van der Waals surface area contributed by atoms with Gasteiger partial charge in [-0.15, -0.1) is 0 Å². The summed E-state index contributed by atoms with van der Waals surface area (Å²) < 4.78 is 15.6. The molecule has 0 fully saturated rings. The van der Waals surface area contributed by atoms with E-state index in [9.17, 15) is 24.0 Å². The summed E-state index contributed by atoms with van der Waals surface area (Å²) in [6.07, 6.45) is 1.21. The van der Waals surface area contributed by atoms with Crippen LogP contribution in [0.3, 0.4) is 0 Å². The lowest BCUT2D eigenvalue weighted by Gasteiger charge is -2.25. The van der Waals surface area contributed by atoms with Gasteiger partial charge in [0.05, 0.1) is 6.42 Å². The second kappa shape index (κ2) is 20.1. The molecule has 11 heteroatoms. The van der Waals surface area contributed by atoms with Gasteiger partial charge in [0.1, 0.15) is 37.4 Å². The summed E-state index contributed by atoms with van der Waals surface area (Å²) in [5.74, 6) is -2.93. The monoisotopic (exact) mass is 661 g/mol. The van der Waals surface area contributed by atoms with E-state index < -0.39 is 60.5 Å². The first-order valence-corrected chi connectivity index (χ1v) is 15.9. The molecule has 0 spiro atoms. The molecule has 0 aliphatic carbocycles. The highest BCUT2D eigenvalue weighted by Crippen LogP contribution is 2.20. The van der Waals surface area contributed by atoms with E-state index in [2.05, 4.69) is 36.4 Å². The molecule has 0 aromatic heterocycles. The average molecular weight is 662 g/mol. The Hall–Kier alpha value is -5.19. The molecule has 11 nitrogen and oxygen atoms in total. The summed E-state index contributed by atoms with van der Waals surface area (Å²) in [5.41, 5.74) is 0.629. The number of fused-ring (bicyclic) bond motifs is 1. The molecule has 0 aliphatic heterocycles. The van der Waals surface area contributed by atoms with Crippen LogP contribution in [0.15, 0.2) is 85.5 Å². The van der Waals surface area contributed by atoms with Crippen molar-refractivity contribution in [3.8, 4) is 0 Å². The lowest BCUT2D eigenvalue weighted by Crippen LogP contribution is -2.55. The van der Waals surface area contributed by atoms with E-state index in [1.807, 2.05) is 48.5 Å². The standard InChI is InChI=1S/C34H39N3O8.C3H8/c1-5-18-43-30(39)21-35-31(40)27(19-25-16-11-15-24-14-9-10-17-26(24)25)36-32(41)28(20-29(38)45-34(2,3)4)37-33(42)44-22-23-12-7-6-8-13-23;1-3-2/h5-17,27-28H,1,18-22H2,2-4H3,(H,35,40)(H,36,41)(H,37,42);3H2,1-2H3/t27?,28-;/m0./s1. The highest BCUT2D eigenvalue weighted by Gasteiger charge is 2.31. The molecule has 48 heavy (non-hydrogen) atoms. The zero-order chi connectivity index (χ0) is 35.5. The van der Waals surface area contributed by atoms with Gasteiger partial charge < -0.3 is 30.2 Å². The molecule has 3 amide bonds. The molecular formula is C37H47N3O8. The Kier molecular flexibility index (Phi) is 16.4. The molecule has 3 aromatic rings. The maximum atomic E-state index is 13.6. The van der Waals surface area contributed by atoms with Gasteiger partial charge in [0.15, 0.2) is 0 Å². The van der Waals surface area contributed by atoms with Crippen LogP contribution in [0, 0.1) is 0 Å². The van der Waals surface area contributed by atoms with Gasteiger partial charge in [-0.2, -0.15) is 0 Å². The Labute approximate surface area is 282 Å². The van der Waals surface area contributed by atoms with Crippen molar-refractivity contribution < 1.29 is 38.2 Å². The molecule has 0 saturated heterocycles. The minimum Gasteiger partial charge on any atom is -0.460 e. The first kappa shape index (κ1) is 39.0. The van der Waals surface area contributed by atoms with Gasteiger partial charge in [0, 0.05) is 6.42 Å². The molecule has 258 valence electrons. The Balaban J connectivity index is 0.00000257. The van der Waals surface area contributed by atoms with Crippen LogP contribution < -0.4 is 16.0 Å². The Morgan fingerprint density at radius 3 is 2.10 bits per heavy atom. The second-order valence-electron chi connectivity index (χ2n) is 11.8. The van der Waals surface area contributed by atoms with Crippen molar-refractivity contribution in [3.63, 3.8) is 0 Å². The maximum Gasteiger partial charge on any atom is 0.408 e. The molecule has 0 bridgehead atoms. The van der Waals surface area contributed by atoms with Gasteiger partial charge in [-0.3, -0.25) is 19.2 Å². The molecule has 0 saturated carbocycles. The number of nitrogens with one attached hydrogen (secondary N) is 3. The topological polar surface area (TPSA) is 149 Å². The number of rotatable bonds is 14. The van der Waals surface area contributed by atoms with Crippen molar-refractivity contribution in [2.75, 3.05) is 13.2 Å². The highest BCUT2D eigenvalue weighted by molar-refractivity contribution is 5.95. The number of ether oxygens (including phenoxy) is 3. The molecule has 0 aliphatic rings. The van der Waals surface area contributed by atoms with Gasteiger partial charge >= 0.3 is 18.0 Å². The fraction of sp³-hybridized carbons (Fsp3) is 0.378. The van der Waals surface area contributed by atoms with E-state index in [0.717, 1.165) is 21.9 Å². The summed E-state index contributed by atoms with van der Waals surface area (Å²) in [7, 11) is 0. The predicted molar refractivity (Wildman–Crippen MR) is 184 cm³/mol. The number of carbonyl (C=O) groups excluding carboxylic acids is 5. The van der Waals surface area contributed by atoms with Gasteiger partial charge in [0.2, 0.25) is 11.8 Å². The fourth-order valence-corrected chi connectivity index (χ4v) is 4.32. The normalized spacial score (nSPS) is 11.9. The first-order valence-electron chi connectivity index (χ1n) is 15.9. The SMILES string of the molecule is C=CCOC(=O)CNC(=O)C(Cc1cccc2ccccc12)NC(=O)[C@H](CC(=O)OC(C)(C)C)NC(=O)OCc1ccccc1.CCC. The summed E-state index contributed by atoms with van der Waals surface area (Å²) >= 11 is 0. The molecular weight excluding hydrogens is 614 g/mol. The quantitative estimate of drug-likeness (QED) is 0.122. The molecule has 3 aromatic carbocycles. The Morgan fingerprint density at radius 2 is 1.44 bits per heavy atom. The van der Waals surface area contributed by atoms with Crippen LogP contribution >= 0.6 is 0 Å². The molecule has 2 atom stereocenters. The van der Waals surface area contributed by atoms with Crippen molar-refractivity contribution in [3.05, 3.63) is 96.6 Å². The molecule has 3 N–H and O–H groups in total. The largest absolute Gasteiger partial charge is 0.460 e. The summed E-state index contributed by atoms with van der Waals surface area (Å²) in [6.45, 7) is 12.2. The second-order valence-corrected chi connectivity index (χ2v) is 11.8. The van der Waals surface area contributed by atoms with E-state index >= 15 is 0 Å². The number of esters is 2. The fourth-order valence-electron chi connectivity index (χ4n) is 4.32. The lowest BCUT2D eigenvalue weighted by molar-refractivity contribution is -0.156. The number of hydrogen-bond acceptors (Lipinski definition) is 8. The summed E-state index contributed by atoms with van der Waals surface area (Å²) in [5, 5.41) is 9.36. The van der Waals surface area contributed by atoms with E-state index in [0.29, 0.717) is 0 Å². The third kappa shape index (κ3) is 14.5. The molecule has 0 heterocycles. The third-order valence-corrected chi connectivity index (χ3v) is 6.32. The van der Waals surface area contributed by atoms with Crippen LogP contribution in [-0.4, -0.2) is 60.7 Å². The molecule has 3 rings (SSSR count). The van der Waals surface area contributed by atoms with Crippen molar-refractivity contribution in [1.29, 1.82) is 0 Å².